The summed E-state index contributed by atoms with van der Waals surface area (Å²) in [5.41, 5.74) is 24.7. The standard InChI is InChI=1S/C66H48N2/c1-65(2)57-25-15-13-22-49(57)51-33-31-45(35-59(51)65)54-39-56-55(46-32-34-52-50-23-14-16-26-58(50)66(3,4)60(52)36-46)40-63(68-64(56)53-24-12-11-21-48(53)54)44-29-27-43(28-30-44)62-38-47(41-17-7-5-8-18-41)37-61(67-62)42-19-9-6-10-20-42/h5-40H,1-4H3. The van der Waals surface area contributed by atoms with Crippen molar-refractivity contribution in [1.29, 1.82) is 0 Å². The fraction of sp³-hybridized carbons (Fsp3) is 0.0909. The highest BCUT2D eigenvalue weighted by Crippen LogP contribution is 2.52. The maximum Gasteiger partial charge on any atom is 0.0794 e. The molecule has 0 bridgehead atoms. The highest BCUT2D eigenvalue weighted by molar-refractivity contribution is 6.16. The van der Waals surface area contributed by atoms with Crippen molar-refractivity contribution >= 4 is 21.7 Å². The van der Waals surface area contributed by atoms with Crippen LogP contribution >= 0.6 is 0 Å². The SMILES string of the molecule is CC1(C)c2ccccc2-c2ccc(-c3cc4c(-c5ccc6c(c5)C(C)(C)c5ccccc5-6)cc(-c5ccc(-c6cc(-c7ccccc7)cc(-c7ccccc7)n6)cc5)nc4c4ccccc34)cc21. The van der Waals surface area contributed by atoms with E-state index in [0.717, 1.165) is 61.2 Å². The molecule has 0 radical (unpaired) electrons. The quantitative estimate of drug-likeness (QED) is 0.156. The van der Waals surface area contributed by atoms with Gasteiger partial charge in [-0.3, -0.25) is 0 Å². The fourth-order valence-electron chi connectivity index (χ4n) is 11.5. The minimum absolute atomic E-state index is 0.106. The van der Waals surface area contributed by atoms with Crippen LogP contribution in [0, 0.1) is 0 Å². The van der Waals surface area contributed by atoms with E-state index >= 15 is 0 Å². The molecule has 0 N–H and O–H groups in total. The van der Waals surface area contributed by atoms with Crippen molar-refractivity contribution in [3.05, 3.63) is 241 Å². The van der Waals surface area contributed by atoms with Crippen molar-refractivity contribution < 1.29 is 0 Å². The molecule has 2 heteroatoms. The highest BCUT2D eigenvalue weighted by atomic mass is 14.7. The van der Waals surface area contributed by atoms with Crippen LogP contribution in [-0.2, 0) is 10.8 Å². The lowest BCUT2D eigenvalue weighted by atomic mass is 9.81. The van der Waals surface area contributed by atoms with Gasteiger partial charge in [0.2, 0.25) is 0 Å². The lowest BCUT2D eigenvalue weighted by molar-refractivity contribution is 0.660. The summed E-state index contributed by atoms with van der Waals surface area (Å²) in [4.78, 5) is 10.9. The molecule has 0 amide bonds. The number of rotatable bonds is 6. The maximum atomic E-state index is 5.63. The second kappa shape index (κ2) is 15.2. The number of fused-ring (bicyclic) bond motifs is 9. The summed E-state index contributed by atoms with van der Waals surface area (Å²) in [7, 11) is 0. The largest absolute Gasteiger partial charge is 0.248 e. The lowest BCUT2D eigenvalue weighted by Crippen LogP contribution is -2.15. The van der Waals surface area contributed by atoms with E-state index in [-0.39, 0.29) is 10.8 Å². The number of hydrogen-bond acceptors (Lipinski definition) is 2. The number of benzene rings is 9. The van der Waals surface area contributed by atoms with Gasteiger partial charge in [0, 0.05) is 38.3 Å². The first kappa shape index (κ1) is 40.1. The summed E-state index contributed by atoms with van der Waals surface area (Å²) >= 11 is 0. The summed E-state index contributed by atoms with van der Waals surface area (Å²) < 4.78 is 0. The van der Waals surface area contributed by atoms with Gasteiger partial charge in [-0.2, -0.15) is 0 Å². The van der Waals surface area contributed by atoms with Crippen LogP contribution in [0.3, 0.4) is 0 Å². The Morgan fingerprint density at radius 3 is 1.22 bits per heavy atom. The van der Waals surface area contributed by atoms with Gasteiger partial charge in [0.25, 0.3) is 0 Å². The fourth-order valence-corrected chi connectivity index (χ4v) is 11.5. The monoisotopic (exact) mass is 868 g/mol. The van der Waals surface area contributed by atoms with Crippen LogP contribution in [0.25, 0.3) is 111 Å². The topological polar surface area (TPSA) is 25.8 Å². The average Bonchev–Trinajstić information content (AvgIpc) is 3.77. The van der Waals surface area contributed by atoms with Gasteiger partial charge in [-0.05, 0) is 120 Å². The van der Waals surface area contributed by atoms with Gasteiger partial charge in [0.1, 0.15) is 0 Å². The first-order chi connectivity index (χ1) is 33.2. The zero-order valence-electron chi connectivity index (χ0n) is 38.7. The van der Waals surface area contributed by atoms with Crippen LogP contribution in [0.4, 0.5) is 0 Å². The number of hydrogen-bond donors (Lipinski definition) is 0. The van der Waals surface area contributed by atoms with Gasteiger partial charge in [0.15, 0.2) is 0 Å². The molecule has 0 spiro atoms. The predicted octanol–water partition coefficient (Wildman–Crippen LogP) is 17.4. The molecule has 2 nitrogen and oxygen atoms in total. The molecule has 0 atom stereocenters. The number of nitrogens with zero attached hydrogens (tertiary/aromatic N) is 2. The Hall–Kier alpha value is -8.20. The van der Waals surface area contributed by atoms with E-state index in [1.54, 1.807) is 0 Å². The van der Waals surface area contributed by atoms with Gasteiger partial charge in [-0.25, -0.2) is 9.97 Å². The summed E-state index contributed by atoms with van der Waals surface area (Å²) in [6, 6.07) is 80.0. The first-order valence-electron chi connectivity index (χ1n) is 23.8. The molecule has 68 heavy (non-hydrogen) atoms. The van der Waals surface area contributed by atoms with E-state index in [1.165, 1.54) is 72.1 Å². The summed E-state index contributed by atoms with van der Waals surface area (Å²) in [5.74, 6) is 0. The molecular weight excluding hydrogens is 821 g/mol. The Balaban J connectivity index is 0.997. The van der Waals surface area contributed by atoms with Gasteiger partial charge in [-0.1, -0.05) is 210 Å². The molecule has 2 aliphatic carbocycles. The van der Waals surface area contributed by atoms with Crippen LogP contribution in [0.1, 0.15) is 49.9 Å². The summed E-state index contributed by atoms with van der Waals surface area (Å²) in [5, 5.41) is 3.49. The molecule has 2 aliphatic rings. The van der Waals surface area contributed by atoms with Crippen molar-refractivity contribution in [3.63, 3.8) is 0 Å². The first-order valence-corrected chi connectivity index (χ1v) is 23.8. The van der Waals surface area contributed by atoms with E-state index in [4.69, 9.17) is 9.97 Å². The Kier molecular flexibility index (Phi) is 8.95. The maximum absolute atomic E-state index is 5.63. The van der Waals surface area contributed by atoms with Crippen LogP contribution in [0.5, 0.6) is 0 Å². The van der Waals surface area contributed by atoms with Gasteiger partial charge in [-0.15, -0.1) is 0 Å². The Morgan fingerprint density at radius 1 is 0.250 bits per heavy atom. The second-order valence-electron chi connectivity index (χ2n) is 19.7. The molecule has 13 rings (SSSR count). The van der Waals surface area contributed by atoms with Crippen LogP contribution < -0.4 is 0 Å². The smallest absolute Gasteiger partial charge is 0.0794 e. The molecule has 0 saturated heterocycles. The van der Waals surface area contributed by atoms with Crippen molar-refractivity contribution in [2.24, 2.45) is 0 Å². The minimum atomic E-state index is -0.137. The molecular formula is C66H48N2. The Morgan fingerprint density at radius 2 is 0.662 bits per heavy atom. The van der Waals surface area contributed by atoms with Crippen molar-refractivity contribution in [3.8, 4) is 89.4 Å². The molecule has 0 aliphatic heterocycles. The van der Waals surface area contributed by atoms with Crippen LogP contribution in [-0.4, -0.2) is 9.97 Å². The molecule has 0 fully saturated rings. The normalized spacial score (nSPS) is 13.8. The van der Waals surface area contributed by atoms with E-state index in [2.05, 4.69) is 246 Å². The number of pyridine rings is 2. The van der Waals surface area contributed by atoms with Gasteiger partial charge >= 0.3 is 0 Å². The van der Waals surface area contributed by atoms with Crippen molar-refractivity contribution in [2.75, 3.05) is 0 Å². The van der Waals surface area contributed by atoms with Crippen molar-refractivity contribution in [2.45, 2.75) is 38.5 Å². The highest BCUT2D eigenvalue weighted by Gasteiger charge is 2.37. The predicted molar refractivity (Wildman–Crippen MR) is 285 cm³/mol. The summed E-state index contributed by atoms with van der Waals surface area (Å²) in [6.45, 7) is 9.46. The Labute approximate surface area is 398 Å². The average molecular weight is 869 g/mol. The van der Waals surface area contributed by atoms with E-state index in [1.807, 2.05) is 0 Å². The summed E-state index contributed by atoms with van der Waals surface area (Å²) in [6.07, 6.45) is 0. The third-order valence-electron chi connectivity index (χ3n) is 15.1. The molecule has 0 unspecified atom stereocenters. The van der Waals surface area contributed by atoms with E-state index in [9.17, 15) is 0 Å². The zero-order chi connectivity index (χ0) is 45.7. The molecule has 9 aromatic carbocycles. The van der Waals surface area contributed by atoms with Gasteiger partial charge in [0.05, 0.1) is 22.6 Å². The molecule has 322 valence electrons. The second-order valence-corrected chi connectivity index (χ2v) is 19.7. The Bertz CT molecular complexity index is 3760. The van der Waals surface area contributed by atoms with Crippen molar-refractivity contribution in [1.82, 2.24) is 9.97 Å². The van der Waals surface area contributed by atoms with Crippen LogP contribution in [0.15, 0.2) is 218 Å². The molecule has 2 heterocycles. The van der Waals surface area contributed by atoms with E-state index in [0.29, 0.717) is 0 Å². The molecule has 0 saturated carbocycles. The lowest BCUT2D eigenvalue weighted by Gasteiger charge is -2.23. The van der Waals surface area contributed by atoms with Gasteiger partial charge < -0.3 is 0 Å². The minimum Gasteiger partial charge on any atom is -0.248 e. The molecule has 11 aromatic rings. The van der Waals surface area contributed by atoms with Crippen LogP contribution in [0.2, 0.25) is 0 Å². The van der Waals surface area contributed by atoms with E-state index < -0.39 is 0 Å². The third-order valence-corrected chi connectivity index (χ3v) is 15.1. The zero-order valence-corrected chi connectivity index (χ0v) is 38.7. The molecule has 2 aromatic heterocycles. The number of aromatic nitrogens is 2. The third kappa shape index (κ3) is 6.25.